The van der Waals surface area contributed by atoms with Crippen LogP contribution in [0.25, 0.3) is 0 Å². The van der Waals surface area contributed by atoms with Gasteiger partial charge in [0.1, 0.15) is 0 Å². The number of hydrogen-bond acceptors (Lipinski definition) is 2. The molecule has 0 aromatic rings. The first kappa shape index (κ1) is 9.27. The summed E-state index contributed by atoms with van der Waals surface area (Å²) in [5, 5.41) is 0. The summed E-state index contributed by atoms with van der Waals surface area (Å²) in [6, 6.07) is 0. The molecule has 0 bridgehead atoms. The fourth-order valence-electron chi connectivity index (χ4n) is 0. The topological polar surface area (TPSA) is 17.1 Å². The van der Waals surface area contributed by atoms with E-state index >= 15 is 0 Å². The molecular weight excluding hydrogens is 175 g/mol. The van der Waals surface area contributed by atoms with Crippen LogP contribution in [0.5, 0.6) is 0 Å². The molecule has 33 valence electrons. The Labute approximate surface area is 50.0 Å². The minimum absolute atomic E-state index is 0. The van der Waals surface area contributed by atoms with Crippen LogP contribution in [0.2, 0.25) is 0 Å². The van der Waals surface area contributed by atoms with E-state index in [1.54, 1.807) is 0 Å². The van der Waals surface area contributed by atoms with Crippen LogP contribution in [0, 0.1) is 0 Å². The van der Waals surface area contributed by atoms with Crippen LogP contribution in [-0.2, 0) is 34.5 Å². The molecule has 0 aliphatic heterocycles. The van der Waals surface area contributed by atoms with Crippen LogP contribution in [0.3, 0.4) is 0 Å². The van der Waals surface area contributed by atoms with Gasteiger partial charge >= 0.3 is 32.9 Å². The third-order valence-corrected chi connectivity index (χ3v) is 0.344. The maximum Gasteiger partial charge on any atom is 0 e. The summed E-state index contributed by atoms with van der Waals surface area (Å²) in [5.41, 5.74) is 0. The van der Waals surface area contributed by atoms with Gasteiger partial charge in [-0.05, 0) is 0 Å². The van der Waals surface area contributed by atoms with Crippen molar-refractivity contribution in [3.63, 3.8) is 0 Å². The van der Waals surface area contributed by atoms with Crippen molar-refractivity contribution >= 4 is 15.4 Å². The van der Waals surface area contributed by atoms with Crippen LogP contribution in [0.4, 0.5) is 0 Å². The molecule has 4 heteroatoms. The fourth-order valence-corrected chi connectivity index (χ4v) is 0. The van der Waals surface area contributed by atoms with Gasteiger partial charge in [-0.15, -0.1) is 0 Å². The Bertz CT molecular complexity index is 61.7. The van der Waals surface area contributed by atoms with Crippen molar-refractivity contribution in [2.24, 2.45) is 0 Å². The van der Waals surface area contributed by atoms with Gasteiger partial charge in [0.05, 0.1) is 0 Å². The van der Waals surface area contributed by atoms with E-state index in [9.17, 15) is 0 Å². The van der Waals surface area contributed by atoms with E-state index < -0.39 is 0 Å². The zero-order valence-electron chi connectivity index (χ0n) is 2.00. The summed E-state index contributed by atoms with van der Waals surface area (Å²) < 4.78 is 0. The van der Waals surface area contributed by atoms with Gasteiger partial charge in [0.25, 0.3) is 0 Å². The van der Waals surface area contributed by atoms with E-state index in [-0.39, 0.29) is 17.1 Å². The van der Waals surface area contributed by atoms with Gasteiger partial charge < -0.3 is 0 Å². The smallest absolute Gasteiger partial charge is 0 e. The summed E-state index contributed by atoms with van der Waals surface area (Å²) in [4.78, 5) is 10.4. The summed E-state index contributed by atoms with van der Waals surface area (Å²) in [6.07, 6.45) is 0. The van der Waals surface area contributed by atoms with E-state index in [0.29, 0.717) is 12.6 Å². The number of rotatable bonds is 0. The molecule has 0 saturated carbocycles. The second-order valence-corrected chi connectivity index (χ2v) is 1.12. The monoisotopic (exact) mass is 175 g/mol. The maximum absolute atomic E-state index is 8.93. The Morgan fingerprint density at radius 2 is 2.00 bits per heavy atom. The third-order valence-electron chi connectivity index (χ3n) is 0.0278. The molecule has 0 radical (unpaired) electrons. The van der Waals surface area contributed by atoms with Gasteiger partial charge in [-0.3, -0.25) is 0 Å². The average Bonchev–Trinajstić information content (AvgIpc) is 1.37. The summed E-state index contributed by atoms with van der Waals surface area (Å²) in [7, 11) is 4.10. The summed E-state index contributed by atoms with van der Waals surface area (Å²) in [6.45, 7) is 0. The van der Waals surface area contributed by atoms with Gasteiger partial charge in [0, 0.05) is 17.1 Å². The van der Waals surface area contributed by atoms with Crippen molar-refractivity contribution < 1.29 is 34.5 Å². The molecule has 0 aromatic carbocycles. The summed E-state index contributed by atoms with van der Waals surface area (Å²) in [5.74, 6) is 0. The van der Waals surface area contributed by atoms with Gasteiger partial charge in [-0.2, -0.15) is 0 Å². The molecular formula is CCoFeOS. The molecule has 0 amide bonds. The second kappa shape index (κ2) is 8.85. The predicted octanol–water partition coefficient (Wildman–Crippen LogP) is 0.246. The molecule has 0 aromatic heterocycles. The van der Waals surface area contributed by atoms with Crippen LogP contribution >= 0.6 is 10.6 Å². The molecule has 0 rings (SSSR count). The molecule has 5 heavy (non-hydrogen) atoms. The predicted molar refractivity (Wildman–Crippen MR) is 13.3 cm³/mol. The molecule has 0 N–H and O–H groups in total. The molecule has 0 heterocycles. The molecule has 0 spiro atoms. The third kappa shape index (κ3) is 11.6. The Balaban J connectivity index is 0. The SMILES string of the molecule is O=[C]=[Co]=[S].[Fe]. The maximum atomic E-state index is 8.93. The molecule has 0 unspecified atom stereocenters. The van der Waals surface area contributed by atoms with Crippen molar-refractivity contribution in [1.29, 1.82) is 0 Å². The van der Waals surface area contributed by atoms with E-state index in [1.807, 2.05) is 0 Å². The van der Waals surface area contributed by atoms with E-state index in [2.05, 4.69) is 10.6 Å². The van der Waals surface area contributed by atoms with Crippen LogP contribution < -0.4 is 0 Å². The molecule has 0 saturated heterocycles. The zero-order valence-corrected chi connectivity index (χ0v) is 4.97. The van der Waals surface area contributed by atoms with Crippen molar-refractivity contribution in [2.75, 3.05) is 0 Å². The van der Waals surface area contributed by atoms with Gasteiger partial charge in [0.2, 0.25) is 0 Å². The zero-order chi connectivity index (χ0) is 3.41. The Morgan fingerprint density at radius 1 is 1.80 bits per heavy atom. The Hall–Kier alpha value is 0.826. The van der Waals surface area contributed by atoms with Crippen LogP contribution in [0.1, 0.15) is 0 Å². The number of hydrogen-bond donors (Lipinski definition) is 0. The second-order valence-electron chi connectivity index (χ2n) is 0.136. The Kier molecular flexibility index (Phi) is 16.4. The first-order valence-corrected chi connectivity index (χ1v) is 2.57. The quantitative estimate of drug-likeness (QED) is 0.490. The largest absolute Gasteiger partial charge is 0 e. The van der Waals surface area contributed by atoms with Crippen molar-refractivity contribution in [3.05, 3.63) is 0 Å². The molecule has 0 aliphatic rings. The average molecular weight is 175 g/mol. The number of carbonyl (C=O) groups excluding carboxylic acids is 1. The Morgan fingerprint density at radius 3 is 2.00 bits per heavy atom. The van der Waals surface area contributed by atoms with Crippen molar-refractivity contribution in [1.82, 2.24) is 0 Å². The molecule has 0 atom stereocenters. The molecule has 1 nitrogen and oxygen atoms in total. The normalized spacial score (nSPS) is 4.00. The van der Waals surface area contributed by atoms with Crippen molar-refractivity contribution in [2.45, 2.75) is 0 Å². The van der Waals surface area contributed by atoms with E-state index in [0.717, 1.165) is 0 Å². The van der Waals surface area contributed by atoms with E-state index in [4.69, 9.17) is 4.79 Å². The van der Waals surface area contributed by atoms with Gasteiger partial charge in [0.15, 0.2) is 0 Å². The van der Waals surface area contributed by atoms with Crippen LogP contribution in [-0.4, -0.2) is 4.82 Å². The standard InChI is InChI=1S/CO.Co.Fe.S/c1-2;;;. The van der Waals surface area contributed by atoms with Crippen molar-refractivity contribution in [3.8, 4) is 0 Å². The minimum Gasteiger partial charge on any atom is 0 e. The molecule has 0 fully saturated rings. The first-order chi connectivity index (χ1) is 1.91. The fraction of sp³-hybridized carbons (Fsp3) is 0. The van der Waals surface area contributed by atoms with Gasteiger partial charge in [-0.25, -0.2) is 0 Å². The first-order valence-electron chi connectivity index (χ1n) is 0.507. The van der Waals surface area contributed by atoms with Crippen LogP contribution in [0.15, 0.2) is 0 Å². The summed E-state index contributed by atoms with van der Waals surface area (Å²) >= 11 is 0.299. The van der Waals surface area contributed by atoms with E-state index in [1.165, 1.54) is 4.82 Å². The van der Waals surface area contributed by atoms with Gasteiger partial charge in [-0.1, -0.05) is 0 Å². The minimum atomic E-state index is 0. The molecule has 0 aliphatic carbocycles.